The van der Waals surface area contributed by atoms with Crippen molar-refractivity contribution in [2.75, 3.05) is 18.4 Å². The predicted octanol–water partition coefficient (Wildman–Crippen LogP) is 4.47. The van der Waals surface area contributed by atoms with Crippen LogP contribution in [0, 0.1) is 24.7 Å². The molecule has 1 N–H and O–H groups in total. The van der Waals surface area contributed by atoms with Crippen LogP contribution in [-0.2, 0) is 4.79 Å². The summed E-state index contributed by atoms with van der Waals surface area (Å²) in [6.45, 7) is 3.22. The number of carbonyl (C=O) groups is 2. The number of anilines is 1. The Morgan fingerprint density at radius 1 is 1.03 bits per heavy atom. The molecule has 35 heavy (non-hydrogen) atoms. The van der Waals surface area contributed by atoms with E-state index in [1.54, 1.807) is 10.9 Å². The zero-order valence-electron chi connectivity index (χ0n) is 19.5. The highest BCUT2D eigenvalue weighted by molar-refractivity contribution is 6.34. The summed E-state index contributed by atoms with van der Waals surface area (Å²) in [7, 11) is 0. The first-order valence-electron chi connectivity index (χ1n) is 11.9. The summed E-state index contributed by atoms with van der Waals surface area (Å²) in [5, 5.41) is 7.56. The molecule has 0 unspecified atom stereocenters. The van der Waals surface area contributed by atoms with E-state index in [1.165, 1.54) is 6.20 Å². The summed E-state index contributed by atoms with van der Waals surface area (Å²) in [6.07, 6.45) is 6.63. The third kappa shape index (κ3) is 5.23. The van der Waals surface area contributed by atoms with Gasteiger partial charge in [-0.05, 0) is 56.4 Å². The molecule has 2 amide bonds. The SMILES string of the molecule is Cc1cc(C#Cc2ccccc2)cnc1NC(=O)c1c(Cl)cnn1C1CCN(C(=O)C2CC2)CC1. The molecule has 0 radical (unpaired) electrons. The van der Waals surface area contributed by atoms with Crippen LogP contribution in [0.25, 0.3) is 0 Å². The third-order valence-corrected chi connectivity index (χ3v) is 6.73. The van der Waals surface area contributed by atoms with E-state index >= 15 is 0 Å². The van der Waals surface area contributed by atoms with Gasteiger partial charge in [0.15, 0.2) is 0 Å². The molecule has 0 spiro atoms. The molecule has 3 heterocycles. The lowest BCUT2D eigenvalue weighted by Crippen LogP contribution is -2.40. The van der Waals surface area contributed by atoms with Gasteiger partial charge < -0.3 is 10.2 Å². The zero-order chi connectivity index (χ0) is 24.4. The molecule has 178 valence electrons. The van der Waals surface area contributed by atoms with Crippen molar-refractivity contribution in [2.45, 2.75) is 38.6 Å². The Morgan fingerprint density at radius 3 is 2.43 bits per heavy atom. The predicted molar refractivity (Wildman–Crippen MR) is 134 cm³/mol. The topological polar surface area (TPSA) is 80.1 Å². The van der Waals surface area contributed by atoms with Crippen LogP contribution in [0.2, 0.25) is 5.02 Å². The largest absolute Gasteiger partial charge is 0.342 e. The van der Waals surface area contributed by atoms with Crippen LogP contribution in [0.15, 0.2) is 48.8 Å². The lowest BCUT2D eigenvalue weighted by atomic mass is 10.0. The second kappa shape index (κ2) is 9.93. The van der Waals surface area contributed by atoms with Crippen molar-refractivity contribution >= 4 is 29.2 Å². The summed E-state index contributed by atoms with van der Waals surface area (Å²) in [5.41, 5.74) is 2.80. The average Bonchev–Trinajstić information content (AvgIpc) is 3.66. The highest BCUT2D eigenvalue weighted by atomic mass is 35.5. The summed E-state index contributed by atoms with van der Waals surface area (Å²) in [6, 6.07) is 11.6. The molecule has 8 heteroatoms. The lowest BCUT2D eigenvalue weighted by molar-refractivity contribution is -0.133. The molecule has 5 rings (SSSR count). The van der Waals surface area contributed by atoms with Gasteiger partial charge in [0.2, 0.25) is 5.91 Å². The van der Waals surface area contributed by atoms with E-state index in [0.29, 0.717) is 29.6 Å². The first kappa shape index (κ1) is 23.1. The molecule has 1 saturated heterocycles. The summed E-state index contributed by atoms with van der Waals surface area (Å²) in [4.78, 5) is 31.9. The van der Waals surface area contributed by atoms with Gasteiger partial charge in [-0.25, -0.2) is 4.98 Å². The number of aryl methyl sites for hydroxylation is 1. The van der Waals surface area contributed by atoms with E-state index in [1.807, 2.05) is 48.2 Å². The van der Waals surface area contributed by atoms with Crippen LogP contribution in [-0.4, -0.2) is 44.6 Å². The maximum Gasteiger partial charge on any atom is 0.276 e. The first-order valence-corrected chi connectivity index (χ1v) is 12.2. The van der Waals surface area contributed by atoms with Gasteiger partial charge in [0, 0.05) is 36.3 Å². The van der Waals surface area contributed by atoms with Crippen molar-refractivity contribution in [3.8, 4) is 11.8 Å². The second-order valence-electron chi connectivity index (χ2n) is 9.08. The van der Waals surface area contributed by atoms with Crippen LogP contribution in [0.1, 0.15) is 58.9 Å². The van der Waals surface area contributed by atoms with Crippen LogP contribution in [0.4, 0.5) is 5.82 Å². The minimum atomic E-state index is -0.359. The number of piperidine rings is 1. The second-order valence-corrected chi connectivity index (χ2v) is 9.48. The van der Waals surface area contributed by atoms with E-state index < -0.39 is 0 Å². The van der Waals surface area contributed by atoms with Crippen molar-refractivity contribution < 1.29 is 9.59 Å². The zero-order valence-corrected chi connectivity index (χ0v) is 20.3. The van der Waals surface area contributed by atoms with Crippen LogP contribution >= 0.6 is 11.6 Å². The monoisotopic (exact) mass is 487 g/mol. The highest BCUT2D eigenvalue weighted by Crippen LogP contribution is 2.34. The normalized spacial score (nSPS) is 15.9. The number of rotatable bonds is 4. The van der Waals surface area contributed by atoms with Gasteiger partial charge in [0.25, 0.3) is 5.91 Å². The quantitative estimate of drug-likeness (QED) is 0.551. The average molecular weight is 488 g/mol. The lowest BCUT2D eigenvalue weighted by Gasteiger charge is -2.32. The van der Waals surface area contributed by atoms with Crippen molar-refractivity contribution in [3.63, 3.8) is 0 Å². The number of hydrogen-bond acceptors (Lipinski definition) is 4. The fourth-order valence-electron chi connectivity index (χ4n) is 4.36. The van der Waals surface area contributed by atoms with Gasteiger partial charge in [0.05, 0.1) is 17.3 Å². The molecule has 1 aliphatic carbocycles. The van der Waals surface area contributed by atoms with Crippen LogP contribution < -0.4 is 5.32 Å². The molecule has 2 aromatic heterocycles. The van der Waals surface area contributed by atoms with Gasteiger partial charge in [0.1, 0.15) is 11.5 Å². The molecule has 7 nitrogen and oxygen atoms in total. The number of halogens is 1. The highest BCUT2D eigenvalue weighted by Gasteiger charge is 2.36. The van der Waals surface area contributed by atoms with E-state index in [9.17, 15) is 9.59 Å². The number of amides is 2. The standard InChI is InChI=1S/C27H26ClN5O2/c1-18-15-20(8-7-19-5-3-2-4-6-19)16-29-25(18)31-26(34)24-23(28)17-30-33(24)22-11-13-32(14-12-22)27(35)21-9-10-21/h2-6,15-17,21-22H,9-14H2,1H3,(H,29,31,34). The van der Waals surface area contributed by atoms with Gasteiger partial charge in [-0.15, -0.1) is 0 Å². The molecule has 3 aromatic rings. The number of aromatic nitrogens is 3. The molecule has 1 saturated carbocycles. The Hall–Kier alpha value is -3.63. The minimum Gasteiger partial charge on any atom is -0.342 e. The van der Waals surface area contributed by atoms with Gasteiger partial charge in [-0.3, -0.25) is 14.3 Å². The molecular formula is C27H26ClN5O2. The molecule has 1 aliphatic heterocycles. The molecular weight excluding hydrogens is 462 g/mol. The molecule has 0 bridgehead atoms. The summed E-state index contributed by atoms with van der Waals surface area (Å²) >= 11 is 6.37. The number of benzene rings is 1. The Morgan fingerprint density at radius 2 is 1.74 bits per heavy atom. The number of pyridine rings is 1. The smallest absolute Gasteiger partial charge is 0.276 e. The Balaban J connectivity index is 1.27. The maximum atomic E-state index is 13.2. The molecule has 1 aromatic carbocycles. The van der Waals surface area contributed by atoms with Crippen LogP contribution in [0.5, 0.6) is 0 Å². The third-order valence-electron chi connectivity index (χ3n) is 6.45. The minimum absolute atomic E-state index is 0.0104. The maximum absolute atomic E-state index is 13.2. The van der Waals surface area contributed by atoms with Gasteiger partial charge in [-0.2, -0.15) is 5.10 Å². The van der Waals surface area contributed by atoms with Gasteiger partial charge in [-0.1, -0.05) is 41.6 Å². The first-order chi connectivity index (χ1) is 17.0. The Bertz CT molecular complexity index is 1310. The number of nitrogens with one attached hydrogen (secondary N) is 1. The van der Waals surface area contributed by atoms with Crippen LogP contribution in [0.3, 0.4) is 0 Å². The number of carbonyl (C=O) groups excluding carboxylic acids is 2. The molecule has 2 aliphatic rings. The van der Waals surface area contributed by atoms with E-state index in [4.69, 9.17) is 11.6 Å². The number of likely N-dealkylation sites (tertiary alicyclic amines) is 1. The molecule has 2 fully saturated rings. The number of hydrogen-bond donors (Lipinski definition) is 1. The Kier molecular flexibility index (Phi) is 6.56. The Labute approximate surface area is 209 Å². The van der Waals surface area contributed by atoms with E-state index in [-0.39, 0.29) is 23.8 Å². The van der Waals surface area contributed by atoms with Crippen molar-refractivity contribution in [2.24, 2.45) is 5.92 Å². The van der Waals surface area contributed by atoms with E-state index in [2.05, 4.69) is 27.2 Å². The fraction of sp³-hybridized carbons (Fsp3) is 0.333. The number of nitrogens with zero attached hydrogens (tertiary/aromatic N) is 4. The molecule has 0 atom stereocenters. The van der Waals surface area contributed by atoms with Crippen molar-refractivity contribution in [1.29, 1.82) is 0 Å². The van der Waals surface area contributed by atoms with E-state index in [0.717, 1.165) is 42.4 Å². The fourth-order valence-corrected chi connectivity index (χ4v) is 4.57. The van der Waals surface area contributed by atoms with Crippen molar-refractivity contribution in [1.82, 2.24) is 19.7 Å². The van der Waals surface area contributed by atoms with Crippen molar-refractivity contribution in [3.05, 3.63) is 76.2 Å². The summed E-state index contributed by atoms with van der Waals surface area (Å²) < 4.78 is 1.70. The van der Waals surface area contributed by atoms with Gasteiger partial charge >= 0.3 is 0 Å². The summed E-state index contributed by atoms with van der Waals surface area (Å²) in [5.74, 6) is 6.79.